The fourth-order valence-electron chi connectivity index (χ4n) is 2.58. The summed E-state index contributed by atoms with van der Waals surface area (Å²) in [6.45, 7) is 0. The summed E-state index contributed by atoms with van der Waals surface area (Å²) in [7, 11) is 0. The highest BCUT2D eigenvalue weighted by Crippen LogP contribution is 2.30. The van der Waals surface area contributed by atoms with Gasteiger partial charge in [0.05, 0.1) is 11.6 Å². The van der Waals surface area contributed by atoms with Crippen LogP contribution in [0.5, 0.6) is 0 Å². The molecule has 1 unspecified atom stereocenters. The predicted octanol–water partition coefficient (Wildman–Crippen LogP) is 2.46. The third kappa shape index (κ3) is 2.26. The summed E-state index contributed by atoms with van der Waals surface area (Å²) in [6, 6.07) is 8.51. The number of hydrogen-bond acceptors (Lipinski definition) is 3. The Kier molecular flexibility index (Phi) is 2.95. The SMILES string of the molecule is OC(Cc1cncs1)C1Cc2ccccc2C1. The van der Waals surface area contributed by atoms with E-state index in [2.05, 4.69) is 29.2 Å². The molecule has 1 atom stereocenters. The van der Waals surface area contributed by atoms with Crippen LogP contribution in [-0.4, -0.2) is 16.2 Å². The molecule has 0 aliphatic heterocycles. The topological polar surface area (TPSA) is 33.1 Å². The number of fused-ring (bicyclic) bond motifs is 1. The molecule has 0 radical (unpaired) electrons. The van der Waals surface area contributed by atoms with Crippen LogP contribution in [0.4, 0.5) is 0 Å². The molecule has 1 N–H and O–H groups in total. The minimum atomic E-state index is -0.247. The van der Waals surface area contributed by atoms with Crippen LogP contribution < -0.4 is 0 Å². The van der Waals surface area contributed by atoms with E-state index in [0.717, 1.165) is 19.3 Å². The van der Waals surface area contributed by atoms with Crippen LogP contribution in [0, 0.1) is 5.92 Å². The molecule has 1 aliphatic carbocycles. The number of rotatable bonds is 3. The van der Waals surface area contributed by atoms with Crippen molar-refractivity contribution in [1.29, 1.82) is 0 Å². The maximum absolute atomic E-state index is 10.3. The Morgan fingerprint density at radius 1 is 1.29 bits per heavy atom. The molecule has 3 heteroatoms. The molecule has 3 rings (SSSR count). The van der Waals surface area contributed by atoms with Crippen LogP contribution in [0.2, 0.25) is 0 Å². The van der Waals surface area contributed by atoms with Gasteiger partial charge in [-0.3, -0.25) is 4.98 Å². The Morgan fingerprint density at radius 2 is 2.00 bits per heavy atom. The summed E-state index contributed by atoms with van der Waals surface area (Å²) in [4.78, 5) is 5.22. The normalized spacial score (nSPS) is 17.0. The number of aliphatic hydroxyl groups is 1. The van der Waals surface area contributed by atoms with Gasteiger partial charge in [-0.15, -0.1) is 11.3 Å². The molecule has 2 nitrogen and oxygen atoms in total. The summed E-state index contributed by atoms with van der Waals surface area (Å²) >= 11 is 1.62. The molecule has 1 heterocycles. The van der Waals surface area contributed by atoms with Gasteiger partial charge in [0.15, 0.2) is 0 Å². The van der Waals surface area contributed by atoms with Crippen molar-refractivity contribution < 1.29 is 5.11 Å². The molecular weight excluding hydrogens is 230 g/mol. The van der Waals surface area contributed by atoms with Gasteiger partial charge in [0.2, 0.25) is 0 Å². The Labute approximate surface area is 105 Å². The van der Waals surface area contributed by atoms with E-state index >= 15 is 0 Å². The van der Waals surface area contributed by atoms with E-state index in [-0.39, 0.29) is 6.10 Å². The Morgan fingerprint density at radius 3 is 2.59 bits per heavy atom. The summed E-state index contributed by atoms with van der Waals surface area (Å²) in [6.07, 6.45) is 4.37. The van der Waals surface area contributed by atoms with Gasteiger partial charge in [-0.1, -0.05) is 24.3 Å². The van der Waals surface area contributed by atoms with Crippen LogP contribution in [0.25, 0.3) is 0 Å². The minimum absolute atomic E-state index is 0.247. The van der Waals surface area contributed by atoms with E-state index in [1.807, 2.05) is 11.7 Å². The number of benzene rings is 1. The monoisotopic (exact) mass is 245 g/mol. The quantitative estimate of drug-likeness (QED) is 0.901. The van der Waals surface area contributed by atoms with E-state index in [0.29, 0.717) is 5.92 Å². The van der Waals surface area contributed by atoms with E-state index in [1.54, 1.807) is 11.3 Å². The highest BCUT2D eigenvalue weighted by atomic mass is 32.1. The van der Waals surface area contributed by atoms with Crippen molar-refractivity contribution in [2.24, 2.45) is 5.92 Å². The highest BCUT2D eigenvalue weighted by molar-refractivity contribution is 7.09. The second-order valence-electron chi connectivity index (χ2n) is 4.68. The van der Waals surface area contributed by atoms with Crippen LogP contribution in [0.15, 0.2) is 36.0 Å². The summed E-state index contributed by atoms with van der Waals surface area (Å²) in [5.41, 5.74) is 4.63. The van der Waals surface area contributed by atoms with Gasteiger partial charge < -0.3 is 5.11 Å². The summed E-state index contributed by atoms with van der Waals surface area (Å²) < 4.78 is 0. The molecule has 88 valence electrons. The first kappa shape index (κ1) is 10.9. The molecule has 0 saturated carbocycles. The zero-order valence-corrected chi connectivity index (χ0v) is 10.4. The number of aliphatic hydroxyl groups excluding tert-OH is 1. The van der Waals surface area contributed by atoms with Crippen molar-refractivity contribution in [1.82, 2.24) is 4.98 Å². The smallest absolute Gasteiger partial charge is 0.0794 e. The summed E-state index contributed by atoms with van der Waals surface area (Å²) in [5.74, 6) is 0.370. The standard InChI is InChI=1S/C14H15NOS/c16-14(7-13-8-15-9-17-13)12-5-10-3-1-2-4-11(10)6-12/h1-4,8-9,12,14,16H,5-7H2. The molecule has 17 heavy (non-hydrogen) atoms. The van der Waals surface area contributed by atoms with Gasteiger partial charge in [0.25, 0.3) is 0 Å². The molecule has 2 aromatic rings. The first-order valence-corrected chi connectivity index (χ1v) is 6.83. The van der Waals surface area contributed by atoms with Crippen molar-refractivity contribution in [3.8, 4) is 0 Å². The van der Waals surface area contributed by atoms with Crippen LogP contribution in [-0.2, 0) is 19.3 Å². The van der Waals surface area contributed by atoms with E-state index in [9.17, 15) is 5.11 Å². The van der Waals surface area contributed by atoms with E-state index < -0.39 is 0 Å². The second kappa shape index (κ2) is 4.59. The average molecular weight is 245 g/mol. The number of thiazole rings is 1. The molecule has 0 amide bonds. The summed E-state index contributed by atoms with van der Waals surface area (Å²) in [5, 5.41) is 10.3. The van der Waals surface area contributed by atoms with Gasteiger partial charge in [0, 0.05) is 17.5 Å². The lowest BCUT2D eigenvalue weighted by atomic mass is 9.96. The van der Waals surface area contributed by atoms with Crippen LogP contribution in [0.3, 0.4) is 0 Å². The first-order chi connectivity index (χ1) is 8.33. The van der Waals surface area contributed by atoms with Gasteiger partial charge in [-0.25, -0.2) is 0 Å². The Hall–Kier alpha value is -1.19. The maximum Gasteiger partial charge on any atom is 0.0794 e. The van der Waals surface area contributed by atoms with E-state index in [4.69, 9.17) is 0 Å². The van der Waals surface area contributed by atoms with Gasteiger partial charge in [-0.05, 0) is 29.9 Å². The first-order valence-electron chi connectivity index (χ1n) is 5.95. The Balaban J connectivity index is 1.68. The lowest BCUT2D eigenvalue weighted by Crippen LogP contribution is -2.22. The van der Waals surface area contributed by atoms with Crippen LogP contribution in [0.1, 0.15) is 16.0 Å². The second-order valence-corrected chi connectivity index (χ2v) is 5.65. The molecule has 0 saturated heterocycles. The van der Waals surface area contributed by atoms with Crippen molar-refractivity contribution in [2.75, 3.05) is 0 Å². The molecule has 0 spiro atoms. The number of hydrogen-bond donors (Lipinski definition) is 1. The van der Waals surface area contributed by atoms with Crippen molar-refractivity contribution in [2.45, 2.75) is 25.4 Å². The number of aromatic nitrogens is 1. The molecule has 1 aromatic heterocycles. The number of nitrogens with zero attached hydrogens (tertiary/aromatic N) is 1. The predicted molar refractivity (Wildman–Crippen MR) is 69.2 cm³/mol. The molecule has 0 fully saturated rings. The fraction of sp³-hybridized carbons (Fsp3) is 0.357. The van der Waals surface area contributed by atoms with Gasteiger partial charge in [-0.2, -0.15) is 0 Å². The average Bonchev–Trinajstić information content (AvgIpc) is 2.96. The molecule has 1 aliphatic rings. The molecule has 1 aromatic carbocycles. The zero-order chi connectivity index (χ0) is 11.7. The minimum Gasteiger partial charge on any atom is -0.392 e. The van der Waals surface area contributed by atoms with Gasteiger partial charge in [0.1, 0.15) is 0 Å². The van der Waals surface area contributed by atoms with Crippen molar-refractivity contribution in [3.63, 3.8) is 0 Å². The Bertz CT molecular complexity index is 470. The molecule has 0 bridgehead atoms. The van der Waals surface area contributed by atoms with Crippen molar-refractivity contribution in [3.05, 3.63) is 52.0 Å². The van der Waals surface area contributed by atoms with Crippen molar-refractivity contribution >= 4 is 11.3 Å². The lowest BCUT2D eigenvalue weighted by Gasteiger charge is -2.16. The lowest BCUT2D eigenvalue weighted by molar-refractivity contribution is 0.113. The third-order valence-corrected chi connectivity index (χ3v) is 4.32. The van der Waals surface area contributed by atoms with E-state index in [1.165, 1.54) is 16.0 Å². The third-order valence-electron chi connectivity index (χ3n) is 3.52. The largest absolute Gasteiger partial charge is 0.392 e. The fourth-order valence-corrected chi connectivity index (χ4v) is 3.23. The van der Waals surface area contributed by atoms with Crippen LogP contribution >= 0.6 is 11.3 Å². The maximum atomic E-state index is 10.3. The zero-order valence-electron chi connectivity index (χ0n) is 9.54. The molecular formula is C14H15NOS. The van der Waals surface area contributed by atoms with Gasteiger partial charge >= 0.3 is 0 Å². The highest BCUT2D eigenvalue weighted by Gasteiger charge is 2.27.